The second-order valence-electron chi connectivity index (χ2n) is 4.40. The molecule has 2 N–H and O–H groups in total. The minimum Gasteiger partial charge on any atom is -0.478 e. The van der Waals surface area contributed by atoms with E-state index in [1.165, 1.54) is 0 Å². The molecule has 20 heavy (non-hydrogen) atoms. The molecule has 0 bridgehead atoms. The Labute approximate surface area is 117 Å². The molecule has 0 aliphatic rings. The van der Waals surface area contributed by atoms with Crippen LogP contribution < -0.4 is 10.1 Å². The highest BCUT2D eigenvalue weighted by Gasteiger charge is 2.09. The van der Waals surface area contributed by atoms with E-state index in [1.807, 2.05) is 38.2 Å². The van der Waals surface area contributed by atoms with E-state index in [1.54, 1.807) is 6.20 Å². The molecule has 0 atom stereocenters. The van der Waals surface area contributed by atoms with Crippen molar-refractivity contribution in [2.75, 3.05) is 19.0 Å². The van der Waals surface area contributed by atoms with E-state index in [-0.39, 0.29) is 0 Å². The van der Waals surface area contributed by atoms with E-state index in [9.17, 15) is 0 Å². The third kappa shape index (κ3) is 2.18. The normalized spacial score (nSPS) is 10.7. The van der Waals surface area contributed by atoms with Crippen LogP contribution in [0.15, 0.2) is 36.5 Å². The summed E-state index contributed by atoms with van der Waals surface area (Å²) in [5.41, 5.74) is 3.92. The first-order valence-electron chi connectivity index (χ1n) is 6.57. The molecule has 5 heteroatoms. The third-order valence-corrected chi connectivity index (χ3v) is 3.15. The molecule has 0 fully saturated rings. The Morgan fingerprint density at radius 1 is 1.25 bits per heavy atom. The van der Waals surface area contributed by atoms with Crippen molar-refractivity contribution in [2.45, 2.75) is 6.92 Å². The summed E-state index contributed by atoms with van der Waals surface area (Å²) in [6.07, 6.45) is 1.78. The van der Waals surface area contributed by atoms with Crippen molar-refractivity contribution in [2.24, 2.45) is 0 Å². The zero-order valence-corrected chi connectivity index (χ0v) is 11.5. The quantitative estimate of drug-likeness (QED) is 0.763. The summed E-state index contributed by atoms with van der Waals surface area (Å²) < 4.78 is 5.35. The molecule has 102 valence electrons. The van der Waals surface area contributed by atoms with Crippen molar-refractivity contribution >= 4 is 16.6 Å². The minimum atomic E-state index is 0.614. The Balaban J connectivity index is 2.04. The number of nitrogens with one attached hydrogen (secondary N) is 2. The summed E-state index contributed by atoms with van der Waals surface area (Å²) in [6.45, 7) is 2.55. The van der Waals surface area contributed by atoms with Crippen molar-refractivity contribution in [1.82, 2.24) is 15.2 Å². The molecule has 0 amide bonds. The van der Waals surface area contributed by atoms with Crippen molar-refractivity contribution < 1.29 is 4.74 Å². The molecule has 2 aromatic heterocycles. The van der Waals surface area contributed by atoms with Crippen LogP contribution in [0.4, 0.5) is 5.69 Å². The molecule has 3 rings (SSSR count). The summed E-state index contributed by atoms with van der Waals surface area (Å²) in [5, 5.41) is 11.6. The molecule has 2 heterocycles. The first-order valence-corrected chi connectivity index (χ1v) is 6.57. The molecule has 0 aliphatic carbocycles. The van der Waals surface area contributed by atoms with E-state index in [0.717, 1.165) is 27.8 Å². The van der Waals surface area contributed by atoms with Gasteiger partial charge in [-0.3, -0.25) is 5.10 Å². The number of ether oxygens (including phenoxy) is 1. The number of anilines is 1. The summed E-state index contributed by atoms with van der Waals surface area (Å²) in [7, 11) is 1.90. The number of pyridine rings is 1. The molecule has 0 radical (unpaired) electrons. The van der Waals surface area contributed by atoms with Crippen LogP contribution in [-0.2, 0) is 0 Å². The van der Waals surface area contributed by atoms with Gasteiger partial charge in [-0.15, -0.1) is 0 Å². The molecule has 0 spiro atoms. The Morgan fingerprint density at radius 3 is 2.85 bits per heavy atom. The molecule has 0 saturated carbocycles. The standard InChI is InChI=1S/C15H16N4O/c1-3-20-14-7-4-10(9-17-14)15-12-8-11(16-2)5-6-13(12)18-19-15/h4-9,16H,3H2,1-2H3,(H,18,19). The lowest BCUT2D eigenvalue weighted by atomic mass is 10.1. The summed E-state index contributed by atoms with van der Waals surface area (Å²) >= 11 is 0. The Kier molecular flexibility index (Phi) is 3.25. The molecular weight excluding hydrogens is 252 g/mol. The van der Waals surface area contributed by atoms with Gasteiger partial charge in [0.2, 0.25) is 5.88 Å². The van der Waals surface area contributed by atoms with Crippen molar-refractivity contribution in [3.8, 4) is 17.1 Å². The fourth-order valence-electron chi connectivity index (χ4n) is 2.14. The zero-order valence-electron chi connectivity index (χ0n) is 11.5. The van der Waals surface area contributed by atoms with E-state index < -0.39 is 0 Å². The van der Waals surface area contributed by atoms with Gasteiger partial charge in [-0.2, -0.15) is 5.10 Å². The average molecular weight is 268 g/mol. The van der Waals surface area contributed by atoms with E-state index in [4.69, 9.17) is 4.74 Å². The predicted octanol–water partition coefficient (Wildman–Crippen LogP) is 3.07. The fourth-order valence-corrected chi connectivity index (χ4v) is 2.14. The minimum absolute atomic E-state index is 0.614. The zero-order chi connectivity index (χ0) is 13.9. The molecular formula is C15H16N4O. The lowest BCUT2D eigenvalue weighted by Crippen LogP contribution is -1.93. The second-order valence-corrected chi connectivity index (χ2v) is 4.40. The van der Waals surface area contributed by atoms with Crippen molar-refractivity contribution in [3.63, 3.8) is 0 Å². The molecule has 1 aromatic carbocycles. The maximum Gasteiger partial charge on any atom is 0.213 e. The number of nitrogens with zero attached hydrogens (tertiary/aromatic N) is 2. The third-order valence-electron chi connectivity index (χ3n) is 3.15. The monoisotopic (exact) mass is 268 g/mol. The Bertz CT molecular complexity index is 718. The van der Waals surface area contributed by atoms with Gasteiger partial charge in [0.25, 0.3) is 0 Å². The van der Waals surface area contributed by atoms with E-state index in [0.29, 0.717) is 12.5 Å². The maximum atomic E-state index is 5.35. The highest BCUT2D eigenvalue weighted by molar-refractivity contribution is 5.94. The van der Waals surface area contributed by atoms with Crippen LogP contribution in [0.25, 0.3) is 22.2 Å². The van der Waals surface area contributed by atoms with E-state index >= 15 is 0 Å². The lowest BCUT2D eigenvalue weighted by Gasteiger charge is -2.03. The molecule has 3 aromatic rings. The molecule has 0 saturated heterocycles. The smallest absolute Gasteiger partial charge is 0.213 e. The summed E-state index contributed by atoms with van der Waals surface area (Å²) in [4.78, 5) is 4.28. The van der Waals surface area contributed by atoms with Crippen LogP contribution in [0.1, 0.15) is 6.92 Å². The number of benzene rings is 1. The van der Waals surface area contributed by atoms with Gasteiger partial charge in [0.15, 0.2) is 0 Å². The topological polar surface area (TPSA) is 62.8 Å². The van der Waals surface area contributed by atoms with Gasteiger partial charge in [-0.25, -0.2) is 4.98 Å². The van der Waals surface area contributed by atoms with Gasteiger partial charge >= 0.3 is 0 Å². The van der Waals surface area contributed by atoms with Gasteiger partial charge in [0.05, 0.1) is 12.1 Å². The Morgan fingerprint density at radius 2 is 2.15 bits per heavy atom. The largest absolute Gasteiger partial charge is 0.478 e. The number of hydrogen-bond donors (Lipinski definition) is 2. The number of fused-ring (bicyclic) bond motifs is 1. The van der Waals surface area contributed by atoms with Crippen LogP contribution in [0.5, 0.6) is 5.88 Å². The summed E-state index contributed by atoms with van der Waals surface area (Å²) in [6, 6.07) is 9.94. The SMILES string of the molecule is CCOc1ccc(-c2n[nH]c3ccc(NC)cc23)cn1. The van der Waals surface area contributed by atoms with Crippen molar-refractivity contribution in [3.05, 3.63) is 36.5 Å². The van der Waals surface area contributed by atoms with Gasteiger partial charge in [-0.1, -0.05) is 0 Å². The Hall–Kier alpha value is -2.56. The number of aromatic amines is 1. The molecule has 0 unspecified atom stereocenters. The van der Waals surface area contributed by atoms with Crippen LogP contribution in [-0.4, -0.2) is 28.8 Å². The number of hydrogen-bond acceptors (Lipinski definition) is 4. The predicted molar refractivity (Wildman–Crippen MR) is 80.0 cm³/mol. The van der Waals surface area contributed by atoms with Gasteiger partial charge in [-0.05, 0) is 31.2 Å². The average Bonchev–Trinajstić information content (AvgIpc) is 2.91. The van der Waals surface area contributed by atoms with E-state index in [2.05, 4.69) is 26.6 Å². The maximum absolute atomic E-state index is 5.35. The highest BCUT2D eigenvalue weighted by Crippen LogP contribution is 2.28. The van der Waals surface area contributed by atoms with Crippen LogP contribution >= 0.6 is 0 Å². The van der Waals surface area contributed by atoms with Crippen LogP contribution in [0.3, 0.4) is 0 Å². The second kappa shape index (κ2) is 5.21. The molecule has 0 aliphatic heterocycles. The van der Waals surface area contributed by atoms with Crippen LogP contribution in [0, 0.1) is 0 Å². The molecule has 5 nitrogen and oxygen atoms in total. The highest BCUT2D eigenvalue weighted by atomic mass is 16.5. The number of H-pyrrole nitrogens is 1. The van der Waals surface area contributed by atoms with Gasteiger partial charge in [0, 0.05) is 35.9 Å². The summed E-state index contributed by atoms with van der Waals surface area (Å²) in [5.74, 6) is 0.631. The fraction of sp³-hybridized carbons (Fsp3) is 0.200. The van der Waals surface area contributed by atoms with Gasteiger partial charge in [0.1, 0.15) is 5.69 Å². The lowest BCUT2D eigenvalue weighted by molar-refractivity contribution is 0.327. The van der Waals surface area contributed by atoms with Crippen LogP contribution in [0.2, 0.25) is 0 Å². The number of aromatic nitrogens is 3. The van der Waals surface area contributed by atoms with Crippen molar-refractivity contribution in [1.29, 1.82) is 0 Å². The number of rotatable bonds is 4. The first kappa shape index (κ1) is 12.5. The van der Waals surface area contributed by atoms with Gasteiger partial charge < -0.3 is 10.1 Å². The first-order chi connectivity index (χ1) is 9.81.